The molecule has 2 rings (SSSR count). The fourth-order valence-corrected chi connectivity index (χ4v) is 1.82. The van der Waals surface area contributed by atoms with E-state index in [0.29, 0.717) is 16.5 Å². The predicted octanol–water partition coefficient (Wildman–Crippen LogP) is 0.871. The molecule has 17 heavy (non-hydrogen) atoms. The summed E-state index contributed by atoms with van der Waals surface area (Å²) in [6.45, 7) is 0. The molecule has 2 N–H and O–H groups in total. The quantitative estimate of drug-likeness (QED) is 0.806. The highest BCUT2D eigenvalue weighted by atomic mass is 16.4. The lowest BCUT2D eigenvalue weighted by Crippen LogP contribution is -2.18. The van der Waals surface area contributed by atoms with Crippen molar-refractivity contribution in [2.45, 2.75) is 6.42 Å². The average molecular weight is 233 g/mol. The average Bonchev–Trinajstić information content (AvgIpc) is 2.24. The number of phenolic OH excluding ortho intramolecular Hbond substituents is 1. The van der Waals surface area contributed by atoms with Gasteiger partial charge in [-0.3, -0.25) is 9.59 Å². The van der Waals surface area contributed by atoms with E-state index in [9.17, 15) is 14.7 Å². The van der Waals surface area contributed by atoms with Gasteiger partial charge in [-0.1, -0.05) is 0 Å². The molecule has 0 aliphatic heterocycles. The maximum Gasteiger partial charge on any atom is 0.307 e. The summed E-state index contributed by atoms with van der Waals surface area (Å²) in [6, 6.07) is 5.84. The van der Waals surface area contributed by atoms with Crippen LogP contribution in [0.3, 0.4) is 0 Å². The molecular formula is C12H11NO4. The number of carboxylic acids is 1. The van der Waals surface area contributed by atoms with Crippen LogP contribution in [0.1, 0.15) is 5.56 Å². The number of aliphatic carboxylic acids is 1. The molecule has 0 atom stereocenters. The molecule has 0 aliphatic rings. The van der Waals surface area contributed by atoms with E-state index in [1.54, 1.807) is 13.1 Å². The summed E-state index contributed by atoms with van der Waals surface area (Å²) in [5, 5.41) is 18.8. The first-order valence-electron chi connectivity index (χ1n) is 5.02. The van der Waals surface area contributed by atoms with Gasteiger partial charge in [-0.05, 0) is 17.7 Å². The Morgan fingerprint density at radius 1 is 1.35 bits per heavy atom. The number of rotatable bonds is 2. The number of fused-ring (bicyclic) bond motifs is 1. The van der Waals surface area contributed by atoms with Gasteiger partial charge in [0.05, 0.1) is 11.9 Å². The lowest BCUT2D eigenvalue weighted by Gasteiger charge is -2.09. The van der Waals surface area contributed by atoms with Crippen LogP contribution in [0.25, 0.3) is 10.9 Å². The van der Waals surface area contributed by atoms with E-state index < -0.39 is 5.97 Å². The molecule has 0 radical (unpaired) electrons. The smallest absolute Gasteiger partial charge is 0.307 e. The number of pyridine rings is 1. The molecule has 1 heterocycles. The number of carbonyl (C=O) groups is 1. The molecule has 0 fully saturated rings. The summed E-state index contributed by atoms with van der Waals surface area (Å²) in [5.74, 6) is -0.951. The molecule has 2 aromatic rings. The molecule has 0 bridgehead atoms. The van der Waals surface area contributed by atoms with Crippen LogP contribution < -0.4 is 5.56 Å². The molecule has 5 nitrogen and oxygen atoms in total. The molecule has 1 aromatic carbocycles. The van der Waals surface area contributed by atoms with E-state index in [1.807, 2.05) is 0 Å². The van der Waals surface area contributed by atoms with E-state index in [2.05, 4.69) is 0 Å². The van der Waals surface area contributed by atoms with E-state index in [1.165, 1.54) is 22.8 Å². The van der Waals surface area contributed by atoms with Crippen molar-refractivity contribution in [1.29, 1.82) is 0 Å². The van der Waals surface area contributed by atoms with E-state index >= 15 is 0 Å². The highest BCUT2D eigenvalue weighted by Gasteiger charge is 2.10. The van der Waals surface area contributed by atoms with Crippen LogP contribution in [0, 0.1) is 0 Å². The Hall–Kier alpha value is -2.30. The summed E-state index contributed by atoms with van der Waals surface area (Å²) in [7, 11) is 1.58. The first-order chi connectivity index (χ1) is 7.99. The van der Waals surface area contributed by atoms with Crippen molar-refractivity contribution in [3.8, 4) is 5.75 Å². The van der Waals surface area contributed by atoms with Gasteiger partial charge in [0.1, 0.15) is 5.75 Å². The van der Waals surface area contributed by atoms with Crippen molar-refractivity contribution in [3.05, 3.63) is 40.2 Å². The Morgan fingerprint density at radius 2 is 2.06 bits per heavy atom. The summed E-state index contributed by atoms with van der Waals surface area (Å²) in [6.07, 6.45) is -0.211. The van der Waals surface area contributed by atoms with E-state index in [4.69, 9.17) is 5.11 Å². The minimum Gasteiger partial charge on any atom is -0.508 e. The summed E-state index contributed by atoms with van der Waals surface area (Å²) in [4.78, 5) is 22.4. The summed E-state index contributed by atoms with van der Waals surface area (Å²) >= 11 is 0. The van der Waals surface area contributed by atoms with Gasteiger partial charge in [0.25, 0.3) is 5.56 Å². The standard InChI is InChI=1S/C12H11NO4/c1-13-10-6-8(14)2-3-9(10)7(4-11(13)15)5-12(16)17/h2-4,6,14H,5H2,1H3,(H,16,17). The second-order valence-corrected chi connectivity index (χ2v) is 3.84. The number of hydrogen-bond donors (Lipinski definition) is 2. The number of benzene rings is 1. The Balaban J connectivity index is 2.82. The van der Waals surface area contributed by atoms with Crippen molar-refractivity contribution in [3.63, 3.8) is 0 Å². The lowest BCUT2D eigenvalue weighted by atomic mass is 10.1. The number of hydrogen-bond acceptors (Lipinski definition) is 3. The van der Waals surface area contributed by atoms with Gasteiger partial charge >= 0.3 is 5.97 Å². The highest BCUT2D eigenvalue weighted by Crippen LogP contribution is 2.21. The highest BCUT2D eigenvalue weighted by molar-refractivity contribution is 5.87. The first kappa shape index (κ1) is 11.2. The van der Waals surface area contributed by atoms with E-state index in [0.717, 1.165) is 0 Å². The predicted molar refractivity (Wildman–Crippen MR) is 62.2 cm³/mol. The van der Waals surface area contributed by atoms with Crippen LogP contribution in [0.15, 0.2) is 29.1 Å². The van der Waals surface area contributed by atoms with Crippen LogP contribution in [-0.2, 0) is 18.3 Å². The normalized spacial score (nSPS) is 10.6. The Bertz CT molecular complexity index is 657. The molecule has 0 spiro atoms. The maximum atomic E-state index is 11.6. The number of phenols is 1. The van der Waals surface area contributed by atoms with Crippen LogP contribution >= 0.6 is 0 Å². The monoisotopic (exact) mass is 233 g/mol. The molecule has 88 valence electrons. The van der Waals surface area contributed by atoms with Gasteiger partial charge in [0.2, 0.25) is 0 Å². The van der Waals surface area contributed by atoms with Crippen molar-refractivity contribution >= 4 is 16.9 Å². The number of aryl methyl sites for hydroxylation is 1. The number of aromatic hydroxyl groups is 1. The SMILES string of the molecule is Cn1c(=O)cc(CC(=O)O)c2ccc(O)cc21. The van der Waals surface area contributed by atoms with Crippen molar-refractivity contribution in [1.82, 2.24) is 4.57 Å². The van der Waals surface area contributed by atoms with Crippen molar-refractivity contribution in [2.75, 3.05) is 0 Å². The number of aromatic nitrogens is 1. The third-order valence-electron chi connectivity index (χ3n) is 2.66. The van der Waals surface area contributed by atoms with Gasteiger partial charge in [-0.2, -0.15) is 0 Å². The zero-order valence-electron chi connectivity index (χ0n) is 9.17. The zero-order chi connectivity index (χ0) is 12.6. The minimum atomic E-state index is -0.993. The molecule has 0 unspecified atom stereocenters. The Morgan fingerprint density at radius 3 is 2.71 bits per heavy atom. The van der Waals surface area contributed by atoms with Crippen LogP contribution in [0.4, 0.5) is 0 Å². The maximum absolute atomic E-state index is 11.6. The largest absolute Gasteiger partial charge is 0.508 e. The van der Waals surface area contributed by atoms with Gasteiger partial charge in [0, 0.05) is 24.6 Å². The fourth-order valence-electron chi connectivity index (χ4n) is 1.82. The van der Waals surface area contributed by atoms with Gasteiger partial charge in [0.15, 0.2) is 0 Å². The third-order valence-corrected chi connectivity index (χ3v) is 2.66. The topological polar surface area (TPSA) is 79.5 Å². The molecule has 0 saturated carbocycles. The van der Waals surface area contributed by atoms with Gasteiger partial charge in [-0.15, -0.1) is 0 Å². The minimum absolute atomic E-state index is 0.0416. The van der Waals surface area contributed by atoms with Gasteiger partial charge < -0.3 is 14.8 Å². The Labute approximate surface area is 96.5 Å². The van der Waals surface area contributed by atoms with Crippen LogP contribution in [0.2, 0.25) is 0 Å². The lowest BCUT2D eigenvalue weighted by molar-refractivity contribution is -0.136. The zero-order valence-corrected chi connectivity index (χ0v) is 9.17. The second kappa shape index (κ2) is 3.93. The third kappa shape index (κ3) is 1.99. The molecular weight excluding hydrogens is 222 g/mol. The molecule has 0 saturated heterocycles. The second-order valence-electron chi connectivity index (χ2n) is 3.84. The molecule has 0 aliphatic carbocycles. The van der Waals surface area contributed by atoms with Crippen molar-refractivity contribution in [2.24, 2.45) is 7.05 Å². The number of carboxylic acid groups (broad SMARTS) is 1. The summed E-state index contributed by atoms with van der Waals surface area (Å²) < 4.78 is 1.38. The van der Waals surface area contributed by atoms with Crippen LogP contribution in [0.5, 0.6) is 5.75 Å². The number of nitrogens with zero attached hydrogens (tertiary/aromatic N) is 1. The van der Waals surface area contributed by atoms with Crippen LogP contribution in [-0.4, -0.2) is 20.7 Å². The van der Waals surface area contributed by atoms with Gasteiger partial charge in [-0.25, -0.2) is 0 Å². The van der Waals surface area contributed by atoms with Crippen molar-refractivity contribution < 1.29 is 15.0 Å². The molecule has 5 heteroatoms. The van der Waals surface area contributed by atoms with E-state index in [-0.39, 0.29) is 17.7 Å². The molecule has 0 amide bonds. The fraction of sp³-hybridized carbons (Fsp3) is 0.167. The summed E-state index contributed by atoms with van der Waals surface area (Å²) in [5.41, 5.74) is 0.684. The Kier molecular flexibility index (Phi) is 2.59. The molecule has 1 aromatic heterocycles. The first-order valence-corrected chi connectivity index (χ1v) is 5.02.